The number of rotatable bonds is 15. The van der Waals surface area contributed by atoms with Crippen molar-refractivity contribution in [3.8, 4) is 22.6 Å². The first kappa shape index (κ1) is 42.8. The number of sulfonamides is 1. The van der Waals surface area contributed by atoms with Gasteiger partial charge in [0.2, 0.25) is 15.9 Å². The molecule has 5 atom stereocenters. The maximum atomic E-state index is 14.0. The Labute approximate surface area is 366 Å². The van der Waals surface area contributed by atoms with Gasteiger partial charge in [0.15, 0.2) is 12.1 Å². The number of carbonyl (C=O) groups excluding carboxylic acids is 1. The number of amides is 1. The predicted molar refractivity (Wildman–Crippen MR) is 242 cm³/mol. The molecule has 1 aliphatic rings. The number of thioether (sulfide) groups is 1. The van der Waals surface area contributed by atoms with Crippen molar-refractivity contribution in [2.75, 3.05) is 11.1 Å². The lowest BCUT2D eigenvalue weighted by molar-refractivity contribution is -0.268. The minimum Gasteiger partial charge on any atom is -0.431 e. The molecule has 0 spiro atoms. The van der Waals surface area contributed by atoms with Gasteiger partial charge in [0.25, 0.3) is 5.22 Å². The summed E-state index contributed by atoms with van der Waals surface area (Å²) >= 11 is 1.47. The molecule has 316 valence electrons. The Hall–Kier alpha value is -5.86. The molecule has 0 radical (unpaired) electrons. The van der Waals surface area contributed by atoms with Crippen LogP contribution >= 0.6 is 11.8 Å². The lowest BCUT2D eigenvalue weighted by Crippen LogP contribution is -2.45. The molecule has 3 N–H and O–H groups in total. The molecule has 0 bridgehead atoms. The van der Waals surface area contributed by atoms with Gasteiger partial charge < -0.3 is 24.3 Å². The number of benzene rings is 6. The molecule has 0 saturated carbocycles. The van der Waals surface area contributed by atoms with Gasteiger partial charge in [0, 0.05) is 34.0 Å². The summed E-state index contributed by atoms with van der Waals surface area (Å²) in [6.07, 6.45) is -1.43. The van der Waals surface area contributed by atoms with Crippen molar-refractivity contribution in [3.63, 3.8) is 0 Å². The van der Waals surface area contributed by atoms with Crippen LogP contribution in [0.3, 0.4) is 0 Å². The third-order valence-corrected chi connectivity index (χ3v) is 13.2. The first-order valence-electron chi connectivity index (χ1n) is 20.4. The highest BCUT2D eigenvalue weighted by Gasteiger charge is 2.39. The summed E-state index contributed by atoms with van der Waals surface area (Å²) in [5, 5.41) is 13.2. The molecule has 7 aromatic rings. The van der Waals surface area contributed by atoms with E-state index in [1.165, 1.54) is 23.9 Å². The molecule has 1 saturated heterocycles. The number of hydrogen-bond acceptors (Lipinski definition) is 9. The number of nitrogens with zero attached hydrogens (tertiary/aromatic N) is 1. The molecule has 12 heteroatoms. The number of aromatic nitrogens is 1. The summed E-state index contributed by atoms with van der Waals surface area (Å²) in [4.78, 5) is 19.1. The van der Waals surface area contributed by atoms with Crippen molar-refractivity contribution < 1.29 is 32.2 Å². The van der Waals surface area contributed by atoms with E-state index in [9.17, 15) is 18.3 Å². The second-order valence-electron chi connectivity index (χ2n) is 15.3. The Morgan fingerprint density at radius 1 is 0.758 bits per heavy atom. The minimum absolute atomic E-state index is 0.0705. The normalized spacial score (nSPS) is 18.2. The molecule has 2 heterocycles. The molecule has 8 rings (SSSR count). The molecule has 1 aliphatic heterocycles. The van der Waals surface area contributed by atoms with Crippen molar-refractivity contribution in [1.29, 1.82) is 0 Å². The van der Waals surface area contributed by atoms with Gasteiger partial charge in [-0.2, -0.15) is 4.72 Å². The molecular formula is C50H47N3O7S2. The van der Waals surface area contributed by atoms with Crippen LogP contribution in [-0.4, -0.2) is 42.3 Å². The summed E-state index contributed by atoms with van der Waals surface area (Å²) in [7, 11) is -4.04. The summed E-state index contributed by atoms with van der Waals surface area (Å²) in [5.74, 6) is 0.549. The third kappa shape index (κ3) is 10.2. The van der Waals surface area contributed by atoms with Crippen molar-refractivity contribution >= 4 is 33.4 Å². The van der Waals surface area contributed by atoms with Crippen LogP contribution in [0.1, 0.15) is 47.1 Å². The number of carbonyl (C=O) groups is 1. The van der Waals surface area contributed by atoms with Crippen molar-refractivity contribution in [2.24, 2.45) is 5.92 Å². The topological polar surface area (TPSA) is 140 Å². The highest BCUT2D eigenvalue weighted by molar-refractivity contribution is 7.99. The highest BCUT2D eigenvalue weighted by atomic mass is 32.2. The van der Waals surface area contributed by atoms with Gasteiger partial charge in [0.05, 0.1) is 23.7 Å². The van der Waals surface area contributed by atoms with E-state index in [0.29, 0.717) is 28.0 Å². The highest BCUT2D eigenvalue weighted by Crippen LogP contribution is 2.44. The standard InChI is InChI=1S/C50H47N3O7S2/c1-33-21-27-42(28-22-33)62(56,57)53-43(29-35-13-6-3-7-14-35)48(55)51-41-20-12-19-40(30-41)49-58-44(34(2)46(59-49)39-25-23-36(31-54)24-26-39)32-61-50-52-45(37-15-8-4-9-16-37)47(60-50)38-17-10-5-11-18-38/h3-28,30,34,43-44,46,49,53-54H,29,31-32H2,1-2H3,(H,51,55)/t34-,43-,44+,46+,49+/m1/s1. The first-order chi connectivity index (χ1) is 30.1. The van der Waals surface area contributed by atoms with Crippen LogP contribution < -0.4 is 10.0 Å². The predicted octanol–water partition coefficient (Wildman–Crippen LogP) is 9.92. The van der Waals surface area contributed by atoms with Crippen LogP contribution in [0.25, 0.3) is 22.6 Å². The second-order valence-corrected chi connectivity index (χ2v) is 18.0. The van der Waals surface area contributed by atoms with Gasteiger partial charge in [-0.15, -0.1) is 0 Å². The number of anilines is 1. The van der Waals surface area contributed by atoms with E-state index >= 15 is 0 Å². The molecule has 10 nitrogen and oxygen atoms in total. The number of oxazole rings is 1. The fourth-order valence-electron chi connectivity index (χ4n) is 7.41. The van der Waals surface area contributed by atoms with E-state index in [0.717, 1.165) is 39.1 Å². The van der Waals surface area contributed by atoms with Crippen molar-refractivity contribution in [1.82, 2.24) is 9.71 Å². The summed E-state index contributed by atoms with van der Waals surface area (Å²) in [5.41, 5.74) is 7.18. The zero-order valence-corrected chi connectivity index (χ0v) is 35.9. The second kappa shape index (κ2) is 19.5. The van der Waals surface area contributed by atoms with E-state index < -0.39 is 28.3 Å². The zero-order valence-electron chi connectivity index (χ0n) is 34.3. The molecule has 6 aromatic carbocycles. The lowest BCUT2D eigenvalue weighted by Gasteiger charge is -2.41. The Bertz CT molecular complexity index is 2620. The van der Waals surface area contributed by atoms with Crippen LogP contribution in [0.4, 0.5) is 5.69 Å². The number of aliphatic hydroxyl groups excluding tert-OH is 1. The number of aryl methyl sites for hydroxylation is 1. The van der Waals surface area contributed by atoms with E-state index in [2.05, 4.69) is 17.0 Å². The van der Waals surface area contributed by atoms with Gasteiger partial charge >= 0.3 is 0 Å². The van der Waals surface area contributed by atoms with Gasteiger partial charge in [0.1, 0.15) is 11.7 Å². The number of ether oxygens (including phenoxy) is 2. The Balaban J connectivity index is 1.05. The molecule has 1 aromatic heterocycles. The summed E-state index contributed by atoms with van der Waals surface area (Å²) in [6, 6.07) is 49.5. The molecular weight excluding hydrogens is 819 g/mol. The van der Waals surface area contributed by atoms with Crippen LogP contribution in [-0.2, 0) is 37.3 Å². The van der Waals surface area contributed by atoms with Crippen LogP contribution in [0, 0.1) is 12.8 Å². The van der Waals surface area contributed by atoms with E-state index in [-0.39, 0.29) is 36.0 Å². The molecule has 0 unspecified atom stereocenters. The quantitative estimate of drug-likeness (QED) is 0.0860. The Morgan fingerprint density at radius 3 is 2.10 bits per heavy atom. The zero-order chi connectivity index (χ0) is 43.1. The Kier molecular flexibility index (Phi) is 13.4. The average molecular weight is 866 g/mol. The number of hydrogen-bond donors (Lipinski definition) is 3. The van der Waals surface area contributed by atoms with E-state index in [1.54, 1.807) is 30.3 Å². The van der Waals surface area contributed by atoms with Crippen LogP contribution in [0.2, 0.25) is 0 Å². The smallest absolute Gasteiger partial charge is 0.256 e. The number of nitrogens with one attached hydrogen (secondary N) is 2. The van der Waals surface area contributed by atoms with Gasteiger partial charge in [-0.25, -0.2) is 13.4 Å². The molecule has 1 fully saturated rings. The molecule has 1 amide bonds. The average Bonchev–Trinajstić information content (AvgIpc) is 3.74. The van der Waals surface area contributed by atoms with Gasteiger partial charge in [-0.1, -0.05) is 164 Å². The fourth-order valence-corrected chi connectivity index (χ4v) is 9.59. The molecule has 62 heavy (non-hydrogen) atoms. The largest absolute Gasteiger partial charge is 0.431 e. The maximum absolute atomic E-state index is 14.0. The first-order valence-corrected chi connectivity index (χ1v) is 22.9. The SMILES string of the molecule is Cc1ccc(S(=O)(=O)N[C@H](Cc2ccccc2)C(=O)Nc2cccc([C@H]3O[C@@H](CSc4nc(-c5ccccc5)c(-c5ccccc5)o4)[C@@H](C)[C@@H](c4ccc(CO)cc4)O3)c2)cc1. The third-order valence-electron chi connectivity index (χ3n) is 10.8. The Morgan fingerprint density at radius 2 is 1.42 bits per heavy atom. The number of aliphatic hydroxyl groups is 1. The monoisotopic (exact) mass is 865 g/mol. The minimum atomic E-state index is -4.04. The molecule has 0 aliphatic carbocycles. The van der Waals surface area contributed by atoms with E-state index in [1.807, 2.05) is 128 Å². The van der Waals surface area contributed by atoms with Crippen molar-refractivity contribution in [3.05, 3.63) is 192 Å². The summed E-state index contributed by atoms with van der Waals surface area (Å²) in [6.45, 7) is 3.90. The van der Waals surface area contributed by atoms with E-state index in [4.69, 9.17) is 18.9 Å². The van der Waals surface area contributed by atoms with Gasteiger partial charge in [-0.05, 0) is 54.3 Å². The fraction of sp³-hybridized carbons (Fsp3) is 0.200. The maximum Gasteiger partial charge on any atom is 0.256 e. The van der Waals surface area contributed by atoms with Gasteiger partial charge in [-0.3, -0.25) is 4.79 Å². The van der Waals surface area contributed by atoms with Crippen LogP contribution in [0.5, 0.6) is 0 Å². The summed E-state index contributed by atoms with van der Waals surface area (Å²) < 4.78 is 49.7. The van der Waals surface area contributed by atoms with Crippen molar-refractivity contribution in [2.45, 2.75) is 61.5 Å². The van der Waals surface area contributed by atoms with Crippen LogP contribution in [0.15, 0.2) is 178 Å². The lowest BCUT2D eigenvalue weighted by atomic mass is 9.91.